The first kappa shape index (κ1) is 16.8. The molecular formula is C6H2ClLiN2O7S. The van der Waals surface area contributed by atoms with Gasteiger partial charge in [-0.25, -0.2) is 8.42 Å². The van der Waals surface area contributed by atoms with Crippen molar-refractivity contribution < 1.29 is 41.7 Å². The van der Waals surface area contributed by atoms with E-state index in [1.54, 1.807) is 0 Å². The Bertz CT molecular complexity index is 617. The van der Waals surface area contributed by atoms with Gasteiger partial charge in [-0.3, -0.25) is 20.2 Å². The maximum atomic E-state index is 10.7. The third kappa shape index (κ3) is 3.41. The van der Waals surface area contributed by atoms with Crippen LogP contribution in [0.4, 0.5) is 11.4 Å². The maximum absolute atomic E-state index is 10.7. The Labute approximate surface area is 117 Å². The van der Waals surface area contributed by atoms with Gasteiger partial charge in [0, 0.05) is 11.1 Å². The number of benzene rings is 1. The van der Waals surface area contributed by atoms with E-state index in [1.165, 1.54) is 0 Å². The topological polar surface area (TPSA) is 143 Å². The van der Waals surface area contributed by atoms with Gasteiger partial charge in [-0.15, -0.1) is 0 Å². The monoisotopic (exact) mass is 288 g/mol. The molecule has 0 heterocycles. The maximum Gasteiger partial charge on any atom is 1.00 e. The molecule has 0 spiro atoms. The third-order valence-electron chi connectivity index (χ3n) is 1.67. The second kappa shape index (κ2) is 5.64. The van der Waals surface area contributed by atoms with Crippen LogP contribution in [0, 0.1) is 20.2 Å². The van der Waals surface area contributed by atoms with Crippen LogP contribution in [0.2, 0.25) is 5.02 Å². The number of nitrogens with zero attached hydrogens (tertiary/aromatic N) is 2. The van der Waals surface area contributed by atoms with Crippen LogP contribution < -0.4 is 18.9 Å². The molecule has 0 amide bonds. The van der Waals surface area contributed by atoms with Gasteiger partial charge < -0.3 is 4.55 Å². The van der Waals surface area contributed by atoms with Crippen molar-refractivity contribution in [3.8, 4) is 0 Å². The molecule has 0 atom stereocenters. The van der Waals surface area contributed by atoms with Gasteiger partial charge >= 0.3 is 30.2 Å². The van der Waals surface area contributed by atoms with Gasteiger partial charge in [0.1, 0.15) is 15.0 Å². The van der Waals surface area contributed by atoms with Crippen molar-refractivity contribution in [2.24, 2.45) is 0 Å². The number of nitro benzene ring substituents is 2. The van der Waals surface area contributed by atoms with E-state index in [0.29, 0.717) is 12.1 Å². The van der Waals surface area contributed by atoms with E-state index in [9.17, 15) is 33.2 Å². The molecule has 0 aliphatic carbocycles. The fraction of sp³-hybridized carbons (Fsp3) is 0. The van der Waals surface area contributed by atoms with Gasteiger partial charge in [-0.1, -0.05) is 11.6 Å². The molecule has 92 valence electrons. The predicted octanol–water partition coefficient (Wildman–Crippen LogP) is -1.94. The minimum atomic E-state index is -5.24. The fourth-order valence-electron chi connectivity index (χ4n) is 1.07. The molecule has 0 N–H and O–H groups in total. The van der Waals surface area contributed by atoms with Crippen LogP contribution in [0.1, 0.15) is 0 Å². The van der Waals surface area contributed by atoms with Gasteiger partial charge in [0.2, 0.25) is 0 Å². The van der Waals surface area contributed by atoms with E-state index < -0.39 is 41.3 Å². The summed E-state index contributed by atoms with van der Waals surface area (Å²) < 4.78 is 32.2. The van der Waals surface area contributed by atoms with E-state index in [0.717, 1.165) is 0 Å². The molecule has 1 rings (SSSR count). The van der Waals surface area contributed by atoms with Crippen molar-refractivity contribution in [3.63, 3.8) is 0 Å². The van der Waals surface area contributed by atoms with Gasteiger partial charge in [-0.05, 0) is 6.07 Å². The molecule has 0 aromatic heterocycles. The molecule has 0 aliphatic heterocycles. The van der Waals surface area contributed by atoms with Gasteiger partial charge in [0.15, 0.2) is 0 Å². The Balaban J connectivity index is 0.00000289. The fourth-order valence-corrected chi connectivity index (χ4v) is 2.04. The molecule has 1 aromatic carbocycles. The molecule has 12 heteroatoms. The molecule has 0 saturated heterocycles. The first-order valence-corrected chi connectivity index (χ1v) is 5.51. The van der Waals surface area contributed by atoms with Crippen molar-refractivity contribution in [2.45, 2.75) is 4.90 Å². The predicted molar refractivity (Wildman–Crippen MR) is 52.7 cm³/mol. The zero-order valence-corrected chi connectivity index (χ0v) is 10.3. The van der Waals surface area contributed by atoms with Gasteiger partial charge in [-0.2, -0.15) is 0 Å². The third-order valence-corrected chi connectivity index (χ3v) is 2.74. The Morgan fingerprint density at radius 3 is 1.94 bits per heavy atom. The van der Waals surface area contributed by atoms with Crippen LogP contribution in [0.3, 0.4) is 0 Å². The number of nitro groups is 2. The largest absolute Gasteiger partial charge is 1.00 e. The quantitative estimate of drug-likeness (QED) is 0.272. The van der Waals surface area contributed by atoms with E-state index in [1.807, 2.05) is 0 Å². The molecule has 0 radical (unpaired) electrons. The normalized spacial score (nSPS) is 10.6. The van der Waals surface area contributed by atoms with Crippen LogP contribution in [-0.2, 0) is 10.1 Å². The first-order valence-electron chi connectivity index (χ1n) is 3.73. The van der Waals surface area contributed by atoms with E-state index in [2.05, 4.69) is 0 Å². The Hall–Kier alpha value is -1.18. The zero-order chi connectivity index (χ0) is 13.4. The van der Waals surface area contributed by atoms with Crippen molar-refractivity contribution in [3.05, 3.63) is 37.4 Å². The summed E-state index contributed by atoms with van der Waals surface area (Å²) in [5.74, 6) is 0. The summed E-state index contributed by atoms with van der Waals surface area (Å²) in [6.45, 7) is 0. The SMILES string of the molecule is O=[N+]([O-])c1cc(Cl)cc(S(=O)(=O)[O-])c1[N+](=O)[O-].[Li+]. The van der Waals surface area contributed by atoms with Crippen molar-refractivity contribution in [2.75, 3.05) is 0 Å². The molecule has 18 heavy (non-hydrogen) atoms. The summed E-state index contributed by atoms with van der Waals surface area (Å²) in [4.78, 5) is 17.2. The number of rotatable bonds is 3. The standard InChI is InChI=1S/C6H3ClN2O7S.Li/c7-3-1-4(8(10)11)6(9(12)13)5(2-3)17(14,15)16;/h1-2H,(H,14,15,16);/q;+1/p-1. The minimum Gasteiger partial charge on any atom is -0.744 e. The van der Waals surface area contributed by atoms with Crippen LogP contribution in [-0.4, -0.2) is 22.8 Å². The molecular weight excluding hydrogens is 287 g/mol. The average Bonchev–Trinajstić information content (AvgIpc) is 2.14. The van der Waals surface area contributed by atoms with E-state index >= 15 is 0 Å². The van der Waals surface area contributed by atoms with Gasteiger partial charge in [0.05, 0.1) is 9.85 Å². The number of hydrogen-bond donors (Lipinski definition) is 0. The first-order chi connectivity index (χ1) is 7.64. The van der Waals surface area contributed by atoms with Crippen LogP contribution in [0.15, 0.2) is 17.0 Å². The molecule has 9 nitrogen and oxygen atoms in total. The number of halogens is 1. The minimum absolute atomic E-state index is 0. The summed E-state index contributed by atoms with van der Waals surface area (Å²) >= 11 is 5.35. The van der Waals surface area contributed by atoms with Crippen LogP contribution in [0.25, 0.3) is 0 Å². The smallest absolute Gasteiger partial charge is 0.744 e. The van der Waals surface area contributed by atoms with Gasteiger partial charge in [0.25, 0.3) is 0 Å². The summed E-state index contributed by atoms with van der Waals surface area (Å²) in [5.41, 5.74) is -2.55. The Kier molecular flexibility index (Phi) is 5.27. The second-order valence-corrected chi connectivity index (χ2v) is 4.52. The molecule has 0 unspecified atom stereocenters. The van der Waals surface area contributed by atoms with E-state index in [4.69, 9.17) is 11.6 Å². The van der Waals surface area contributed by atoms with Crippen LogP contribution in [0.5, 0.6) is 0 Å². The second-order valence-electron chi connectivity index (χ2n) is 2.74. The zero-order valence-electron chi connectivity index (χ0n) is 8.69. The summed E-state index contributed by atoms with van der Waals surface area (Å²) in [6, 6.07) is 1.09. The molecule has 0 bridgehead atoms. The van der Waals surface area contributed by atoms with Crippen LogP contribution >= 0.6 is 11.6 Å². The van der Waals surface area contributed by atoms with Crippen molar-refractivity contribution >= 4 is 33.1 Å². The molecule has 1 aromatic rings. The Morgan fingerprint density at radius 1 is 1.11 bits per heavy atom. The number of hydrogen-bond acceptors (Lipinski definition) is 7. The Morgan fingerprint density at radius 2 is 1.61 bits per heavy atom. The van der Waals surface area contributed by atoms with Crippen molar-refractivity contribution in [1.82, 2.24) is 0 Å². The summed E-state index contributed by atoms with van der Waals surface area (Å²) in [5, 5.41) is 20.6. The molecule has 0 saturated carbocycles. The molecule has 0 aliphatic rings. The van der Waals surface area contributed by atoms with E-state index in [-0.39, 0.29) is 18.9 Å². The average molecular weight is 289 g/mol. The summed E-state index contributed by atoms with van der Waals surface area (Å²) in [6.07, 6.45) is 0. The van der Waals surface area contributed by atoms with Crippen molar-refractivity contribution in [1.29, 1.82) is 0 Å². The summed E-state index contributed by atoms with van der Waals surface area (Å²) in [7, 11) is -5.24. The molecule has 0 fully saturated rings.